The number of rotatable bonds is 7. The number of hydrogen-bond donors (Lipinski definition) is 1. The lowest BCUT2D eigenvalue weighted by molar-refractivity contribution is 0.494. The van der Waals surface area contributed by atoms with Crippen molar-refractivity contribution in [1.29, 1.82) is 0 Å². The Morgan fingerprint density at radius 1 is 1.29 bits per heavy atom. The van der Waals surface area contributed by atoms with E-state index in [4.69, 9.17) is 11.6 Å². The minimum absolute atomic E-state index is 0.212. The SMILES string of the molecule is CCCNC(c1ccc(Cl)cc1F)c1ccnn1CCC. The average molecular weight is 310 g/mol. The van der Waals surface area contributed by atoms with Crippen LogP contribution in [0.3, 0.4) is 0 Å². The summed E-state index contributed by atoms with van der Waals surface area (Å²) < 4.78 is 16.2. The Kier molecular flexibility index (Phi) is 5.76. The van der Waals surface area contributed by atoms with Crippen LogP contribution in [0.25, 0.3) is 0 Å². The maximum atomic E-state index is 14.3. The number of nitrogens with one attached hydrogen (secondary N) is 1. The third kappa shape index (κ3) is 3.83. The molecule has 0 spiro atoms. The molecule has 0 fully saturated rings. The van der Waals surface area contributed by atoms with Crippen LogP contribution >= 0.6 is 11.6 Å². The molecule has 0 radical (unpaired) electrons. The Balaban J connectivity index is 2.39. The minimum Gasteiger partial charge on any atom is -0.305 e. The van der Waals surface area contributed by atoms with Gasteiger partial charge in [-0.1, -0.05) is 31.5 Å². The molecule has 0 saturated carbocycles. The summed E-state index contributed by atoms with van der Waals surface area (Å²) in [5.41, 5.74) is 1.58. The van der Waals surface area contributed by atoms with Crippen LogP contribution in [0.15, 0.2) is 30.5 Å². The van der Waals surface area contributed by atoms with Gasteiger partial charge in [0, 0.05) is 23.3 Å². The first-order valence-electron chi connectivity index (χ1n) is 7.37. The van der Waals surface area contributed by atoms with Crippen LogP contribution in [0, 0.1) is 5.82 Å². The molecular weight excluding hydrogens is 289 g/mol. The zero-order valence-electron chi connectivity index (χ0n) is 12.4. The minimum atomic E-state index is -0.291. The van der Waals surface area contributed by atoms with Crippen molar-refractivity contribution in [3.8, 4) is 0 Å². The highest BCUT2D eigenvalue weighted by Gasteiger charge is 2.21. The van der Waals surface area contributed by atoms with E-state index in [0.717, 1.165) is 31.6 Å². The van der Waals surface area contributed by atoms with Gasteiger partial charge in [0.05, 0.1) is 11.7 Å². The van der Waals surface area contributed by atoms with Crippen molar-refractivity contribution in [2.45, 2.75) is 39.3 Å². The summed E-state index contributed by atoms with van der Waals surface area (Å²) in [5, 5.41) is 8.15. The van der Waals surface area contributed by atoms with Crippen LogP contribution < -0.4 is 5.32 Å². The standard InChI is InChI=1S/C16H21ClFN3/c1-3-8-19-16(13-6-5-12(17)11-14(13)18)15-7-9-20-21(15)10-4-2/h5-7,9,11,16,19H,3-4,8,10H2,1-2H3. The van der Waals surface area contributed by atoms with Gasteiger partial charge in [0.15, 0.2) is 0 Å². The summed E-state index contributed by atoms with van der Waals surface area (Å²) in [5.74, 6) is -0.291. The molecule has 0 aliphatic rings. The Bertz CT molecular complexity index is 583. The topological polar surface area (TPSA) is 29.9 Å². The van der Waals surface area contributed by atoms with E-state index in [0.29, 0.717) is 10.6 Å². The van der Waals surface area contributed by atoms with Gasteiger partial charge in [-0.3, -0.25) is 4.68 Å². The van der Waals surface area contributed by atoms with E-state index in [1.165, 1.54) is 6.07 Å². The van der Waals surface area contributed by atoms with Crippen molar-refractivity contribution in [3.05, 3.63) is 52.6 Å². The largest absolute Gasteiger partial charge is 0.305 e. The molecule has 2 rings (SSSR count). The zero-order valence-corrected chi connectivity index (χ0v) is 13.2. The monoisotopic (exact) mass is 309 g/mol. The van der Waals surface area contributed by atoms with E-state index in [2.05, 4.69) is 24.3 Å². The van der Waals surface area contributed by atoms with Crippen molar-refractivity contribution in [2.24, 2.45) is 0 Å². The molecule has 0 saturated heterocycles. The van der Waals surface area contributed by atoms with Gasteiger partial charge < -0.3 is 5.32 Å². The van der Waals surface area contributed by atoms with Crippen LogP contribution in [-0.2, 0) is 6.54 Å². The quantitative estimate of drug-likeness (QED) is 0.831. The third-order valence-corrected chi connectivity index (χ3v) is 3.59. The van der Waals surface area contributed by atoms with Crippen molar-refractivity contribution < 1.29 is 4.39 Å². The van der Waals surface area contributed by atoms with Gasteiger partial charge in [0.1, 0.15) is 5.82 Å². The Morgan fingerprint density at radius 3 is 2.76 bits per heavy atom. The molecule has 0 bridgehead atoms. The summed E-state index contributed by atoms with van der Waals surface area (Å²) in [4.78, 5) is 0. The first-order valence-corrected chi connectivity index (χ1v) is 7.75. The second-order valence-electron chi connectivity index (χ2n) is 5.03. The molecule has 1 heterocycles. The lowest BCUT2D eigenvalue weighted by atomic mass is 10.0. The van der Waals surface area contributed by atoms with Crippen molar-refractivity contribution >= 4 is 11.6 Å². The Hall–Kier alpha value is -1.39. The smallest absolute Gasteiger partial charge is 0.129 e. The van der Waals surface area contributed by atoms with E-state index in [9.17, 15) is 4.39 Å². The Labute approximate surface area is 130 Å². The first-order chi connectivity index (χ1) is 10.2. The molecule has 1 aromatic heterocycles. The molecule has 0 aliphatic carbocycles. The molecule has 1 unspecified atom stereocenters. The second-order valence-corrected chi connectivity index (χ2v) is 5.47. The number of nitrogens with zero attached hydrogens (tertiary/aromatic N) is 2. The molecule has 21 heavy (non-hydrogen) atoms. The predicted octanol–water partition coefficient (Wildman–Crippen LogP) is 4.17. The molecule has 0 amide bonds. The van der Waals surface area contributed by atoms with Crippen LogP contribution in [0.1, 0.15) is 44.0 Å². The van der Waals surface area contributed by atoms with Crippen molar-refractivity contribution in [1.82, 2.24) is 15.1 Å². The average Bonchev–Trinajstić information content (AvgIpc) is 2.90. The summed E-state index contributed by atoms with van der Waals surface area (Å²) in [6.45, 7) is 5.82. The first kappa shape index (κ1) is 16.0. The third-order valence-electron chi connectivity index (χ3n) is 3.35. The fourth-order valence-corrected chi connectivity index (χ4v) is 2.54. The fourth-order valence-electron chi connectivity index (χ4n) is 2.38. The number of benzene rings is 1. The fraction of sp³-hybridized carbons (Fsp3) is 0.438. The maximum absolute atomic E-state index is 14.3. The molecule has 3 nitrogen and oxygen atoms in total. The lowest BCUT2D eigenvalue weighted by Gasteiger charge is -2.21. The molecule has 1 aromatic carbocycles. The predicted molar refractivity (Wildman–Crippen MR) is 84.1 cm³/mol. The van der Waals surface area contributed by atoms with Crippen LogP contribution in [0.5, 0.6) is 0 Å². The van der Waals surface area contributed by atoms with Crippen molar-refractivity contribution in [3.63, 3.8) is 0 Å². The highest BCUT2D eigenvalue weighted by atomic mass is 35.5. The highest BCUT2D eigenvalue weighted by molar-refractivity contribution is 6.30. The van der Waals surface area contributed by atoms with Gasteiger partial charge in [-0.05, 0) is 37.6 Å². The highest BCUT2D eigenvalue weighted by Crippen LogP contribution is 2.26. The van der Waals surface area contributed by atoms with Gasteiger partial charge in [0.2, 0.25) is 0 Å². The van der Waals surface area contributed by atoms with E-state index in [1.807, 2.05) is 10.7 Å². The molecule has 5 heteroatoms. The van der Waals surface area contributed by atoms with Crippen LogP contribution in [-0.4, -0.2) is 16.3 Å². The summed E-state index contributed by atoms with van der Waals surface area (Å²) in [6.07, 6.45) is 3.73. The summed E-state index contributed by atoms with van der Waals surface area (Å²) in [6, 6.07) is 6.56. The molecule has 1 N–H and O–H groups in total. The van der Waals surface area contributed by atoms with Gasteiger partial charge in [-0.15, -0.1) is 0 Å². The maximum Gasteiger partial charge on any atom is 0.129 e. The number of halogens is 2. The number of aryl methyl sites for hydroxylation is 1. The molecule has 0 aliphatic heterocycles. The van der Waals surface area contributed by atoms with E-state index < -0.39 is 0 Å². The number of hydrogen-bond acceptors (Lipinski definition) is 2. The molecule has 114 valence electrons. The number of aromatic nitrogens is 2. The zero-order chi connectivity index (χ0) is 15.2. The molecule has 2 aromatic rings. The van der Waals surface area contributed by atoms with Gasteiger partial charge >= 0.3 is 0 Å². The van der Waals surface area contributed by atoms with Crippen LogP contribution in [0.4, 0.5) is 4.39 Å². The van der Waals surface area contributed by atoms with E-state index >= 15 is 0 Å². The Morgan fingerprint density at radius 2 is 2.10 bits per heavy atom. The van der Waals surface area contributed by atoms with E-state index in [-0.39, 0.29) is 11.9 Å². The van der Waals surface area contributed by atoms with Gasteiger partial charge in [-0.25, -0.2) is 4.39 Å². The molecular formula is C16H21ClFN3. The molecule has 1 atom stereocenters. The normalized spacial score (nSPS) is 12.6. The lowest BCUT2D eigenvalue weighted by Crippen LogP contribution is -2.26. The summed E-state index contributed by atoms with van der Waals surface area (Å²) >= 11 is 5.85. The van der Waals surface area contributed by atoms with Gasteiger partial charge in [-0.2, -0.15) is 5.10 Å². The van der Waals surface area contributed by atoms with Gasteiger partial charge in [0.25, 0.3) is 0 Å². The van der Waals surface area contributed by atoms with Crippen molar-refractivity contribution in [2.75, 3.05) is 6.54 Å². The summed E-state index contributed by atoms with van der Waals surface area (Å²) in [7, 11) is 0. The second kappa shape index (κ2) is 7.57. The van der Waals surface area contributed by atoms with E-state index in [1.54, 1.807) is 18.3 Å². The van der Waals surface area contributed by atoms with Crippen LogP contribution in [0.2, 0.25) is 5.02 Å².